The van der Waals surface area contributed by atoms with Gasteiger partial charge in [-0.2, -0.15) is 5.10 Å². The summed E-state index contributed by atoms with van der Waals surface area (Å²) in [5, 5.41) is 11.8. The van der Waals surface area contributed by atoms with E-state index < -0.39 is 0 Å². The molecule has 1 aromatic carbocycles. The highest BCUT2D eigenvalue weighted by molar-refractivity contribution is 5.41. The first kappa shape index (κ1) is 15.6. The van der Waals surface area contributed by atoms with E-state index in [0.717, 1.165) is 22.5 Å². The van der Waals surface area contributed by atoms with Crippen LogP contribution in [0, 0.1) is 0 Å². The molecule has 0 fully saturated rings. The molecule has 0 spiro atoms. The van der Waals surface area contributed by atoms with Crippen molar-refractivity contribution >= 4 is 5.69 Å². The van der Waals surface area contributed by atoms with Crippen molar-refractivity contribution in [1.82, 2.24) is 20.4 Å². The van der Waals surface area contributed by atoms with Gasteiger partial charge in [0.05, 0.1) is 0 Å². The van der Waals surface area contributed by atoms with Gasteiger partial charge in [0.25, 0.3) is 5.56 Å². The SMILES string of the molecule is CC(C)c1[nH][nH]c(=O)c1Cc1ccc(N)cc1.c1cn[nH]c1. The number of rotatable bonds is 3. The van der Waals surface area contributed by atoms with Crippen molar-refractivity contribution in [1.29, 1.82) is 0 Å². The second kappa shape index (κ2) is 7.31. The lowest BCUT2D eigenvalue weighted by atomic mass is 10.00. The van der Waals surface area contributed by atoms with Crippen molar-refractivity contribution in [2.24, 2.45) is 0 Å². The molecule has 0 aliphatic heterocycles. The largest absolute Gasteiger partial charge is 0.399 e. The third-order valence-electron chi connectivity index (χ3n) is 3.25. The number of aromatic nitrogens is 4. The highest BCUT2D eigenvalue weighted by Gasteiger charge is 2.13. The quantitative estimate of drug-likeness (QED) is 0.558. The van der Waals surface area contributed by atoms with E-state index in [4.69, 9.17) is 5.73 Å². The molecule has 6 nitrogen and oxygen atoms in total. The summed E-state index contributed by atoms with van der Waals surface area (Å²) in [7, 11) is 0. The Morgan fingerprint density at radius 2 is 1.91 bits per heavy atom. The van der Waals surface area contributed by atoms with Gasteiger partial charge in [0.15, 0.2) is 0 Å². The zero-order valence-corrected chi connectivity index (χ0v) is 12.8. The van der Waals surface area contributed by atoms with Crippen LogP contribution in [-0.2, 0) is 6.42 Å². The Labute approximate surface area is 128 Å². The number of nitrogens with zero attached hydrogens (tertiary/aromatic N) is 1. The number of anilines is 1. The van der Waals surface area contributed by atoms with Crippen molar-refractivity contribution in [2.45, 2.75) is 26.2 Å². The Morgan fingerprint density at radius 1 is 1.18 bits per heavy atom. The first-order chi connectivity index (χ1) is 10.6. The number of benzene rings is 1. The van der Waals surface area contributed by atoms with Gasteiger partial charge >= 0.3 is 0 Å². The molecule has 6 heteroatoms. The van der Waals surface area contributed by atoms with Gasteiger partial charge in [-0.3, -0.25) is 15.0 Å². The van der Waals surface area contributed by atoms with E-state index in [1.165, 1.54) is 0 Å². The van der Waals surface area contributed by atoms with Crippen molar-refractivity contribution in [3.8, 4) is 0 Å². The molecule has 22 heavy (non-hydrogen) atoms. The molecule has 2 aromatic heterocycles. The van der Waals surface area contributed by atoms with E-state index in [2.05, 4.69) is 34.2 Å². The van der Waals surface area contributed by atoms with E-state index in [0.29, 0.717) is 12.3 Å². The van der Waals surface area contributed by atoms with Gasteiger partial charge in [-0.25, -0.2) is 0 Å². The Hall–Kier alpha value is -2.76. The third-order valence-corrected chi connectivity index (χ3v) is 3.25. The number of aromatic amines is 3. The molecule has 3 aromatic rings. The molecule has 0 atom stereocenters. The highest BCUT2D eigenvalue weighted by atomic mass is 16.1. The fourth-order valence-electron chi connectivity index (χ4n) is 2.12. The molecule has 0 bridgehead atoms. The number of nitrogens with one attached hydrogen (secondary N) is 3. The minimum absolute atomic E-state index is 0.0366. The number of H-pyrrole nitrogens is 3. The van der Waals surface area contributed by atoms with Crippen LogP contribution < -0.4 is 11.3 Å². The van der Waals surface area contributed by atoms with Crippen molar-refractivity contribution in [3.63, 3.8) is 0 Å². The van der Waals surface area contributed by atoms with Crippen LogP contribution in [0.15, 0.2) is 47.5 Å². The number of nitrogen functional groups attached to an aromatic ring is 1. The number of hydrogen-bond acceptors (Lipinski definition) is 3. The number of nitrogens with two attached hydrogens (primary N) is 1. The molecule has 0 saturated heterocycles. The third kappa shape index (κ3) is 4.12. The molecule has 0 unspecified atom stereocenters. The first-order valence-electron chi connectivity index (χ1n) is 7.15. The maximum atomic E-state index is 11.7. The summed E-state index contributed by atoms with van der Waals surface area (Å²) in [6, 6.07) is 9.44. The van der Waals surface area contributed by atoms with Crippen molar-refractivity contribution in [3.05, 3.63) is 69.9 Å². The minimum atomic E-state index is -0.0366. The van der Waals surface area contributed by atoms with Gasteiger partial charge < -0.3 is 10.8 Å². The van der Waals surface area contributed by atoms with Crippen LogP contribution in [0.5, 0.6) is 0 Å². The fraction of sp³-hybridized carbons (Fsp3) is 0.250. The summed E-state index contributed by atoms with van der Waals surface area (Å²) >= 11 is 0. The highest BCUT2D eigenvalue weighted by Crippen LogP contribution is 2.17. The smallest absolute Gasteiger partial charge is 0.267 e. The Kier molecular flexibility index (Phi) is 5.19. The first-order valence-corrected chi connectivity index (χ1v) is 7.15. The summed E-state index contributed by atoms with van der Waals surface area (Å²) in [6.45, 7) is 4.12. The summed E-state index contributed by atoms with van der Waals surface area (Å²) in [5.74, 6) is 0.303. The fourth-order valence-corrected chi connectivity index (χ4v) is 2.12. The molecule has 0 radical (unpaired) electrons. The van der Waals surface area contributed by atoms with Crippen LogP contribution in [0.1, 0.15) is 36.6 Å². The maximum Gasteiger partial charge on any atom is 0.267 e. The zero-order valence-electron chi connectivity index (χ0n) is 12.8. The zero-order chi connectivity index (χ0) is 15.9. The minimum Gasteiger partial charge on any atom is -0.399 e. The monoisotopic (exact) mass is 299 g/mol. The Bertz CT molecular complexity index is 706. The second-order valence-corrected chi connectivity index (χ2v) is 5.31. The molecule has 0 saturated carbocycles. The van der Waals surface area contributed by atoms with Crippen LogP contribution in [-0.4, -0.2) is 20.4 Å². The van der Waals surface area contributed by atoms with E-state index in [9.17, 15) is 4.79 Å². The van der Waals surface area contributed by atoms with Crippen LogP contribution in [0.2, 0.25) is 0 Å². The predicted octanol–water partition coefficient (Wildman–Crippen LogP) is 2.41. The summed E-state index contributed by atoms with van der Waals surface area (Å²) < 4.78 is 0. The van der Waals surface area contributed by atoms with E-state index in [1.807, 2.05) is 30.3 Å². The lowest BCUT2D eigenvalue weighted by Crippen LogP contribution is -2.08. The summed E-state index contributed by atoms with van der Waals surface area (Å²) in [4.78, 5) is 11.7. The molecular weight excluding hydrogens is 278 g/mol. The van der Waals surface area contributed by atoms with Gasteiger partial charge in [-0.1, -0.05) is 26.0 Å². The van der Waals surface area contributed by atoms with Gasteiger partial charge in [0.2, 0.25) is 0 Å². The van der Waals surface area contributed by atoms with E-state index in [1.54, 1.807) is 12.4 Å². The van der Waals surface area contributed by atoms with Gasteiger partial charge in [0, 0.05) is 35.8 Å². The van der Waals surface area contributed by atoms with Crippen molar-refractivity contribution in [2.75, 3.05) is 5.73 Å². The van der Waals surface area contributed by atoms with Gasteiger partial charge in [0.1, 0.15) is 0 Å². The Balaban J connectivity index is 0.000000299. The molecule has 0 aliphatic rings. The van der Waals surface area contributed by atoms with Gasteiger partial charge in [-0.15, -0.1) is 0 Å². The van der Waals surface area contributed by atoms with Crippen molar-refractivity contribution < 1.29 is 0 Å². The lowest BCUT2D eigenvalue weighted by Gasteiger charge is -2.05. The second-order valence-electron chi connectivity index (χ2n) is 5.31. The average molecular weight is 299 g/mol. The molecule has 0 aliphatic carbocycles. The van der Waals surface area contributed by atoms with Crippen LogP contribution in [0.25, 0.3) is 0 Å². The predicted molar refractivity (Wildman–Crippen MR) is 87.8 cm³/mol. The molecule has 3 rings (SSSR count). The molecule has 116 valence electrons. The average Bonchev–Trinajstić information content (AvgIpc) is 3.16. The topological polar surface area (TPSA) is 103 Å². The van der Waals surface area contributed by atoms with E-state index >= 15 is 0 Å². The normalized spacial score (nSPS) is 10.3. The van der Waals surface area contributed by atoms with Crippen LogP contribution in [0.3, 0.4) is 0 Å². The standard InChI is InChI=1S/C13H17N3O.C3H4N2/c1-8(2)12-11(13(17)16-15-12)7-9-3-5-10(14)6-4-9;1-2-4-5-3-1/h3-6,8H,7,14H2,1-2H3,(H2,15,16,17);1-3H,(H,4,5). The lowest BCUT2D eigenvalue weighted by molar-refractivity contribution is 0.799. The van der Waals surface area contributed by atoms with Crippen LogP contribution >= 0.6 is 0 Å². The van der Waals surface area contributed by atoms with Crippen LogP contribution in [0.4, 0.5) is 5.69 Å². The molecule has 5 N–H and O–H groups in total. The molecular formula is C16H21N5O. The maximum absolute atomic E-state index is 11.7. The summed E-state index contributed by atoms with van der Waals surface area (Å²) in [5.41, 5.74) is 9.21. The number of hydrogen-bond donors (Lipinski definition) is 4. The van der Waals surface area contributed by atoms with Gasteiger partial charge in [-0.05, 0) is 29.7 Å². The summed E-state index contributed by atoms with van der Waals surface area (Å²) in [6.07, 6.45) is 4.09. The molecule has 2 heterocycles. The van der Waals surface area contributed by atoms with E-state index in [-0.39, 0.29) is 5.56 Å². The molecule has 0 amide bonds. The Morgan fingerprint density at radius 3 is 2.41 bits per heavy atom.